The van der Waals surface area contributed by atoms with Crippen LogP contribution in [-0.4, -0.2) is 47.5 Å². The van der Waals surface area contributed by atoms with Crippen molar-refractivity contribution in [3.8, 4) is 5.75 Å². The molecule has 1 aliphatic heterocycles. The molecule has 0 saturated heterocycles. The van der Waals surface area contributed by atoms with Crippen LogP contribution in [0.3, 0.4) is 0 Å². The molecule has 0 radical (unpaired) electrons. The van der Waals surface area contributed by atoms with E-state index in [9.17, 15) is 19.7 Å². The van der Waals surface area contributed by atoms with Gasteiger partial charge >= 0.3 is 0 Å². The van der Waals surface area contributed by atoms with Gasteiger partial charge < -0.3 is 14.8 Å². The third-order valence-corrected chi connectivity index (χ3v) is 4.88. The van der Waals surface area contributed by atoms with Gasteiger partial charge in [-0.3, -0.25) is 24.6 Å². The Labute approximate surface area is 192 Å². The van der Waals surface area contributed by atoms with Crippen molar-refractivity contribution in [1.82, 2.24) is 4.90 Å². The Morgan fingerprint density at radius 1 is 1.06 bits per heavy atom. The van der Waals surface area contributed by atoms with Crippen molar-refractivity contribution in [3.05, 3.63) is 69.9 Å². The zero-order valence-electron chi connectivity index (χ0n) is 18.9. The van der Waals surface area contributed by atoms with E-state index in [0.29, 0.717) is 23.6 Å². The maximum atomic E-state index is 13.2. The summed E-state index contributed by atoms with van der Waals surface area (Å²) >= 11 is 0. The molecule has 0 aromatic heterocycles. The van der Waals surface area contributed by atoms with Gasteiger partial charge in [-0.15, -0.1) is 0 Å². The van der Waals surface area contributed by atoms with Gasteiger partial charge in [0.05, 0.1) is 36.4 Å². The molecule has 2 aromatic rings. The van der Waals surface area contributed by atoms with E-state index in [4.69, 9.17) is 9.47 Å². The van der Waals surface area contributed by atoms with Crippen molar-refractivity contribution >= 4 is 28.8 Å². The van der Waals surface area contributed by atoms with Crippen LogP contribution in [0, 0.1) is 10.1 Å². The Morgan fingerprint density at radius 3 is 2.42 bits per heavy atom. The van der Waals surface area contributed by atoms with Crippen LogP contribution in [0.25, 0.3) is 5.57 Å². The van der Waals surface area contributed by atoms with Gasteiger partial charge in [-0.1, -0.05) is 13.0 Å². The lowest BCUT2D eigenvalue weighted by atomic mass is 10.0. The molecule has 0 fully saturated rings. The highest BCUT2D eigenvalue weighted by Crippen LogP contribution is 2.32. The molecule has 0 bridgehead atoms. The number of imide groups is 1. The number of carbonyl (C=O) groups excluding carboxylic acids is 2. The minimum absolute atomic E-state index is 0.0386. The molecular weight excluding hydrogens is 426 g/mol. The van der Waals surface area contributed by atoms with E-state index in [2.05, 4.69) is 5.32 Å². The maximum Gasteiger partial charge on any atom is 0.278 e. The normalized spacial score (nSPS) is 13.8. The summed E-state index contributed by atoms with van der Waals surface area (Å²) in [6, 6.07) is 12.7. The van der Waals surface area contributed by atoms with Gasteiger partial charge in [0.2, 0.25) is 0 Å². The van der Waals surface area contributed by atoms with E-state index < -0.39 is 16.7 Å². The molecule has 0 aliphatic carbocycles. The van der Waals surface area contributed by atoms with Gasteiger partial charge in [0, 0.05) is 23.9 Å². The Bertz CT molecular complexity index is 1060. The molecule has 1 aliphatic rings. The van der Waals surface area contributed by atoms with Gasteiger partial charge in [-0.05, 0) is 50.1 Å². The Balaban J connectivity index is 1.95. The first kappa shape index (κ1) is 23.9. The molecular formula is C24H27N3O6. The molecule has 9 heteroatoms. The highest BCUT2D eigenvalue weighted by Gasteiger charge is 2.39. The minimum Gasteiger partial charge on any atom is -0.494 e. The molecule has 1 N–H and O–H groups in total. The van der Waals surface area contributed by atoms with Crippen LogP contribution in [0.4, 0.5) is 11.4 Å². The Kier molecular flexibility index (Phi) is 7.78. The first-order valence-corrected chi connectivity index (χ1v) is 10.8. The number of anilines is 1. The van der Waals surface area contributed by atoms with Crippen LogP contribution in [0.5, 0.6) is 5.75 Å². The van der Waals surface area contributed by atoms with E-state index in [1.165, 1.54) is 24.3 Å². The lowest BCUT2D eigenvalue weighted by molar-refractivity contribution is -0.384. The fraction of sp³-hybridized carbons (Fsp3) is 0.333. The maximum absolute atomic E-state index is 13.2. The second-order valence-electron chi connectivity index (χ2n) is 7.74. The molecule has 1 heterocycles. The number of nitro benzene ring substituents is 1. The minimum atomic E-state index is -0.518. The molecule has 2 amide bonds. The van der Waals surface area contributed by atoms with E-state index in [-0.39, 0.29) is 36.2 Å². The first-order chi connectivity index (χ1) is 15.8. The van der Waals surface area contributed by atoms with Gasteiger partial charge in [-0.2, -0.15) is 0 Å². The van der Waals surface area contributed by atoms with Crippen LogP contribution in [0.15, 0.2) is 54.2 Å². The van der Waals surface area contributed by atoms with Crippen molar-refractivity contribution in [2.24, 2.45) is 0 Å². The summed E-state index contributed by atoms with van der Waals surface area (Å²) in [5, 5.41) is 14.1. The summed E-state index contributed by atoms with van der Waals surface area (Å²) in [7, 11) is 0. The van der Waals surface area contributed by atoms with E-state index >= 15 is 0 Å². The SMILES string of the molecule is CCCOc1cccc(NC2=C(c3ccc([N+](=O)[O-])cc3)C(=O)N(CCOC(C)C)C2=O)c1. The number of nitro groups is 1. The molecule has 2 aromatic carbocycles. The lowest BCUT2D eigenvalue weighted by Gasteiger charge is -2.16. The molecule has 0 saturated carbocycles. The number of ether oxygens (including phenoxy) is 2. The second kappa shape index (κ2) is 10.7. The third-order valence-electron chi connectivity index (χ3n) is 4.88. The number of benzene rings is 2. The molecule has 3 rings (SSSR count). The number of non-ortho nitro benzene ring substituents is 1. The predicted octanol–water partition coefficient (Wildman–Crippen LogP) is 4.00. The van der Waals surface area contributed by atoms with E-state index in [1.54, 1.807) is 18.2 Å². The smallest absolute Gasteiger partial charge is 0.278 e. The number of amides is 2. The zero-order chi connectivity index (χ0) is 24.0. The highest BCUT2D eigenvalue weighted by atomic mass is 16.6. The largest absolute Gasteiger partial charge is 0.494 e. The van der Waals surface area contributed by atoms with Crippen molar-refractivity contribution in [1.29, 1.82) is 0 Å². The number of nitrogens with one attached hydrogen (secondary N) is 1. The van der Waals surface area contributed by atoms with Gasteiger partial charge in [-0.25, -0.2) is 0 Å². The van der Waals surface area contributed by atoms with Crippen LogP contribution in [-0.2, 0) is 14.3 Å². The van der Waals surface area contributed by atoms with Crippen LogP contribution in [0.2, 0.25) is 0 Å². The average Bonchev–Trinajstić information content (AvgIpc) is 3.02. The molecule has 33 heavy (non-hydrogen) atoms. The summed E-state index contributed by atoms with van der Waals surface area (Å²) in [6.07, 6.45) is 0.816. The number of rotatable bonds is 11. The number of hydrogen-bond donors (Lipinski definition) is 1. The van der Waals surface area contributed by atoms with Gasteiger partial charge in [0.15, 0.2) is 0 Å². The zero-order valence-corrected chi connectivity index (χ0v) is 18.9. The van der Waals surface area contributed by atoms with E-state index in [1.807, 2.05) is 26.8 Å². The van der Waals surface area contributed by atoms with Crippen LogP contribution in [0.1, 0.15) is 32.8 Å². The highest BCUT2D eigenvalue weighted by molar-refractivity contribution is 6.36. The molecule has 174 valence electrons. The van der Waals surface area contributed by atoms with Crippen molar-refractivity contribution in [2.75, 3.05) is 25.1 Å². The summed E-state index contributed by atoms with van der Waals surface area (Å²) < 4.78 is 11.2. The van der Waals surface area contributed by atoms with Gasteiger partial charge in [0.1, 0.15) is 11.4 Å². The standard InChI is InChI=1S/C24H27N3O6/c1-4-13-33-20-7-5-6-18(15-20)25-22-21(17-8-10-19(11-9-17)27(30)31)23(28)26(24(22)29)12-14-32-16(2)3/h5-11,15-16,25H,4,12-14H2,1-3H3. The number of hydrogen-bond acceptors (Lipinski definition) is 7. The third kappa shape index (κ3) is 5.75. The summed E-state index contributed by atoms with van der Waals surface area (Å²) in [5.41, 5.74) is 1.14. The van der Waals surface area contributed by atoms with E-state index in [0.717, 1.165) is 11.3 Å². The Hall–Kier alpha value is -3.72. The van der Waals surface area contributed by atoms with Crippen molar-refractivity contribution in [3.63, 3.8) is 0 Å². The summed E-state index contributed by atoms with van der Waals surface area (Å²) in [6.45, 7) is 6.60. The fourth-order valence-electron chi connectivity index (χ4n) is 3.32. The van der Waals surface area contributed by atoms with Crippen LogP contribution >= 0.6 is 0 Å². The lowest BCUT2D eigenvalue weighted by Crippen LogP contribution is -2.35. The van der Waals surface area contributed by atoms with Crippen LogP contribution < -0.4 is 10.1 Å². The molecule has 0 atom stereocenters. The first-order valence-electron chi connectivity index (χ1n) is 10.8. The topological polar surface area (TPSA) is 111 Å². The van der Waals surface area contributed by atoms with Crippen molar-refractivity contribution in [2.45, 2.75) is 33.3 Å². The monoisotopic (exact) mass is 453 g/mol. The quantitative estimate of drug-likeness (QED) is 0.311. The molecule has 0 unspecified atom stereocenters. The second-order valence-corrected chi connectivity index (χ2v) is 7.74. The number of nitrogens with zero attached hydrogens (tertiary/aromatic N) is 2. The van der Waals surface area contributed by atoms with Gasteiger partial charge in [0.25, 0.3) is 17.5 Å². The predicted molar refractivity (Wildman–Crippen MR) is 124 cm³/mol. The average molecular weight is 453 g/mol. The fourth-order valence-corrected chi connectivity index (χ4v) is 3.32. The number of carbonyl (C=O) groups is 2. The summed E-state index contributed by atoms with van der Waals surface area (Å²) in [4.78, 5) is 38.0. The molecule has 0 spiro atoms. The van der Waals surface area contributed by atoms with Crippen molar-refractivity contribution < 1.29 is 24.0 Å². The molecule has 9 nitrogen and oxygen atoms in total. The Morgan fingerprint density at radius 2 is 1.79 bits per heavy atom. The summed E-state index contributed by atoms with van der Waals surface area (Å²) in [5.74, 6) is -0.332.